The van der Waals surface area contributed by atoms with Crippen LogP contribution < -0.4 is 0 Å². The van der Waals surface area contributed by atoms with E-state index >= 15 is 0 Å². The molecule has 0 unspecified atom stereocenters. The molecule has 1 nitrogen and oxygen atoms in total. The number of rotatable bonds is 3. The lowest BCUT2D eigenvalue weighted by atomic mass is 9.83. The summed E-state index contributed by atoms with van der Waals surface area (Å²) in [6, 6.07) is 6.67. The second-order valence-corrected chi connectivity index (χ2v) is 6.23. The quantitative estimate of drug-likeness (QED) is 0.556. The molecular formula is C17H24O. The fourth-order valence-electron chi connectivity index (χ4n) is 1.84. The van der Waals surface area contributed by atoms with Crippen molar-refractivity contribution in [3.63, 3.8) is 0 Å². The maximum absolute atomic E-state index is 10.6. The lowest BCUT2D eigenvalue weighted by Gasteiger charge is -2.22. The van der Waals surface area contributed by atoms with E-state index in [1.807, 2.05) is 6.92 Å². The number of carbonyl (C=O) groups excluding carboxylic acids is 1. The second kappa shape index (κ2) is 5.51. The summed E-state index contributed by atoms with van der Waals surface area (Å²) in [5.41, 5.74) is 4.95. The molecule has 0 aromatic heterocycles. The molecule has 0 heterocycles. The number of aldehydes is 1. The monoisotopic (exact) mass is 244 g/mol. The molecule has 0 radical (unpaired) electrons. The summed E-state index contributed by atoms with van der Waals surface area (Å²) in [4.78, 5) is 10.6. The maximum atomic E-state index is 10.6. The van der Waals surface area contributed by atoms with Gasteiger partial charge < -0.3 is 0 Å². The van der Waals surface area contributed by atoms with Crippen molar-refractivity contribution < 1.29 is 4.79 Å². The van der Waals surface area contributed by atoms with E-state index in [0.717, 1.165) is 17.4 Å². The van der Waals surface area contributed by atoms with E-state index in [9.17, 15) is 4.79 Å². The number of allylic oxidation sites excluding steroid dienone is 2. The smallest absolute Gasteiger partial charge is 0.143 e. The lowest BCUT2D eigenvalue weighted by molar-refractivity contribution is -0.104. The average Bonchev–Trinajstić information content (AvgIpc) is 2.27. The van der Waals surface area contributed by atoms with Gasteiger partial charge in [0.15, 0.2) is 0 Å². The molecular weight excluding hydrogens is 220 g/mol. The summed E-state index contributed by atoms with van der Waals surface area (Å²) >= 11 is 0. The number of carbonyl (C=O) groups is 1. The van der Waals surface area contributed by atoms with Gasteiger partial charge in [-0.3, -0.25) is 4.79 Å². The molecule has 1 aromatic carbocycles. The maximum Gasteiger partial charge on any atom is 0.143 e. The van der Waals surface area contributed by atoms with Crippen molar-refractivity contribution in [2.45, 2.75) is 52.9 Å². The zero-order valence-corrected chi connectivity index (χ0v) is 12.4. The van der Waals surface area contributed by atoms with E-state index in [1.54, 1.807) is 6.08 Å². The average molecular weight is 244 g/mol. The fourth-order valence-corrected chi connectivity index (χ4v) is 1.84. The van der Waals surface area contributed by atoms with Gasteiger partial charge in [-0.2, -0.15) is 0 Å². The van der Waals surface area contributed by atoms with Gasteiger partial charge in [-0.1, -0.05) is 52.8 Å². The number of benzene rings is 1. The van der Waals surface area contributed by atoms with Gasteiger partial charge in [-0.15, -0.1) is 0 Å². The zero-order valence-electron chi connectivity index (χ0n) is 12.4. The molecule has 98 valence electrons. The van der Waals surface area contributed by atoms with Crippen LogP contribution in [0, 0.1) is 0 Å². The predicted molar refractivity (Wildman–Crippen MR) is 78.9 cm³/mol. The summed E-state index contributed by atoms with van der Waals surface area (Å²) < 4.78 is 0. The molecule has 0 fully saturated rings. The van der Waals surface area contributed by atoms with E-state index in [1.165, 1.54) is 11.1 Å². The molecule has 0 aliphatic rings. The van der Waals surface area contributed by atoms with Gasteiger partial charge in [0.25, 0.3) is 0 Å². The van der Waals surface area contributed by atoms with Crippen molar-refractivity contribution in [2.75, 3.05) is 0 Å². The molecule has 0 bridgehead atoms. The third-order valence-corrected chi connectivity index (χ3v) is 3.26. The molecule has 0 aliphatic heterocycles. The van der Waals surface area contributed by atoms with Crippen molar-refractivity contribution in [2.24, 2.45) is 0 Å². The Labute approximate surface area is 111 Å². The highest BCUT2D eigenvalue weighted by Crippen LogP contribution is 2.29. The Bertz CT molecular complexity index is 459. The van der Waals surface area contributed by atoms with Gasteiger partial charge in [0.1, 0.15) is 6.29 Å². The highest BCUT2D eigenvalue weighted by Gasteiger charge is 2.16. The van der Waals surface area contributed by atoms with Gasteiger partial charge in [-0.05, 0) is 46.6 Å². The minimum absolute atomic E-state index is 0.126. The van der Waals surface area contributed by atoms with Crippen LogP contribution in [0.2, 0.25) is 0 Å². The molecule has 1 aromatic rings. The number of hydrogen-bond donors (Lipinski definition) is 0. The molecule has 0 atom stereocenters. The summed E-state index contributed by atoms with van der Waals surface area (Å²) in [6.07, 6.45) is 2.49. The molecule has 0 amide bonds. The Morgan fingerprint density at radius 2 is 1.78 bits per heavy atom. The van der Waals surface area contributed by atoms with E-state index in [0.29, 0.717) is 5.92 Å². The summed E-state index contributed by atoms with van der Waals surface area (Å²) in [5, 5.41) is 0. The summed E-state index contributed by atoms with van der Waals surface area (Å²) in [6.45, 7) is 13.0. The van der Waals surface area contributed by atoms with Gasteiger partial charge in [0, 0.05) is 0 Å². The standard InChI is InChI=1S/C17H24O/c1-12(2)14-9-15(13(3)7-8-18)11-16(10-14)17(4,5)6/h7-12H,1-6H3/b13-7+. The van der Waals surface area contributed by atoms with Crippen molar-refractivity contribution in [3.8, 4) is 0 Å². The first-order chi connectivity index (χ1) is 8.25. The van der Waals surface area contributed by atoms with E-state index in [-0.39, 0.29) is 5.41 Å². The second-order valence-electron chi connectivity index (χ2n) is 6.23. The van der Waals surface area contributed by atoms with Crippen LogP contribution >= 0.6 is 0 Å². The van der Waals surface area contributed by atoms with Gasteiger partial charge in [0.05, 0.1) is 0 Å². The lowest BCUT2D eigenvalue weighted by Crippen LogP contribution is -2.12. The predicted octanol–water partition coefficient (Wildman–Crippen LogP) is 4.71. The molecule has 0 spiro atoms. The topological polar surface area (TPSA) is 17.1 Å². The Morgan fingerprint density at radius 3 is 2.22 bits per heavy atom. The first-order valence-corrected chi connectivity index (χ1v) is 6.53. The highest BCUT2D eigenvalue weighted by molar-refractivity contribution is 5.81. The fraction of sp³-hybridized carbons (Fsp3) is 0.471. The van der Waals surface area contributed by atoms with Crippen LogP contribution in [0.15, 0.2) is 24.3 Å². The van der Waals surface area contributed by atoms with Crippen LogP contribution in [0.3, 0.4) is 0 Å². The van der Waals surface area contributed by atoms with E-state index in [2.05, 4.69) is 52.8 Å². The van der Waals surface area contributed by atoms with Crippen LogP contribution in [0.4, 0.5) is 0 Å². The number of hydrogen-bond acceptors (Lipinski definition) is 1. The van der Waals surface area contributed by atoms with Crippen LogP contribution in [0.1, 0.15) is 64.2 Å². The van der Waals surface area contributed by atoms with Crippen molar-refractivity contribution >= 4 is 11.9 Å². The van der Waals surface area contributed by atoms with Crippen molar-refractivity contribution in [1.29, 1.82) is 0 Å². The van der Waals surface area contributed by atoms with Crippen molar-refractivity contribution in [3.05, 3.63) is 41.0 Å². The Morgan fingerprint density at radius 1 is 1.17 bits per heavy atom. The first-order valence-electron chi connectivity index (χ1n) is 6.53. The van der Waals surface area contributed by atoms with Gasteiger partial charge >= 0.3 is 0 Å². The van der Waals surface area contributed by atoms with Crippen LogP contribution in [-0.4, -0.2) is 6.29 Å². The third-order valence-electron chi connectivity index (χ3n) is 3.26. The van der Waals surface area contributed by atoms with E-state index in [4.69, 9.17) is 0 Å². The SMILES string of the molecule is C/C(=C\C=O)c1cc(C(C)C)cc(C(C)(C)C)c1. The minimum atomic E-state index is 0.126. The molecule has 0 aliphatic carbocycles. The van der Waals surface area contributed by atoms with Crippen LogP contribution in [-0.2, 0) is 10.2 Å². The third kappa shape index (κ3) is 3.56. The molecule has 18 heavy (non-hydrogen) atoms. The molecule has 0 N–H and O–H groups in total. The summed E-state index contributed by atoms with van der Waals surface area (Å²) in [7, 11) is 0. The molecule has 0 saturated carbocycles. The van der Waals surface area contributed by atoms with Crippen LogP contribution in [0.5, 0.6) is 0 Å². The summed E-state index contributed by atoms with van der Waals surface area (Å²) in [5.74, 6) is 0.495. The van der Waals surface area contributed by atoms with Gasteiger partial charge in [-0.25, -0.2) is 0 Å². The Kier molecular flexibility index (Phi) is 4.50. The largest absolute Gasteiger partial charge is 0.299 e. The zero-order chi connectivity index (χ0) is 13.9. The minimum Gasteiger partial charge on any atom is -0.299 e. The normalized spacial score (nSPS) is 12.9. The van der Waals surface area contributed by atoms with Crippen molar-refractivity contribution in [1.82, 2.24) is 0 Å². The van der Waals surface area contributed by atoms with Crippen LogP contribution in [0.25, 0.3) is 5.57 Å². The molecule has 1 heteroatoms. The molecule has 0 saturated heterocycles. The van der Waals surface area contributed by atoms with E-state index < -0.39 is 0 Å². The first kappa shape index (κ1) is 14.7. The highest BCUT2D eigenvalue weighted by atomic mass is 16.1. The Hall–Kier alpha value is -1.37. The Balaban J connectivity index is 3.40. The van der Waals surface area contributed by atoms with Gasteiger partial charge in [0.2, 0.25) is 0 Å². The molecule has 1 rings (SSSR count).